The molecule has 0 spiro atoms. The van der Waals surface area contributed by atoms with Crippen molar-refractivity contribution < 1.29 is 14.1 Å². The zero-order valence-electron chi connectivity index (χ0n) is 12.5. The first kappa shape index (κ1) is 14.8. The molecule has 2 heterocycles. The van der Waals surface area contributed by atoms with Crippen molar-refractivity contribution in [3.63, 3.8) is 0 Å². The van der Waals surface area contributed by atoms with Gasteiger partial charge in [0.2, 0.25) is 0 Å². The highest BCUT2D eigenvalue weighted by Crippen LogP contribution is 2.22. The second-order valence-electron chi connectivity index (χ2n) is 5.69. The normalized spacial score (nSPS) is 16.7. The Balaban J connectivity index is 1.64. The summed E-state index contributed by atoms with van der Waals surface area (Å²) in [6.07, 6.45) is 11.2. The Kier molecular flexibility index (Phi) is 4.83. The molecule has 0 aliphatic heterocycles. The Morgan fingerprint density at radius 3 is 2.68 bits per heavy atom. The van der Waals surface area contributed by atoms with Crippen LogP contribution in [-0.4, -0.2) is 22.2 Å². The summed E-state index contributed by atoms with van der Waals surface area (Å²) in [7, 11) is 0. The van der Waals surface area contributed by atoms with Gasteiger partial charge in [-0.3, -0.25) is 4.98 Å². The van der Waals surface area contributed by atoms with Gasteiger partial charge in [0.1, 0.15) is 6.10 Å². The van der Waals surface area contributed by atoms with E-state index < -0.39 is 5.97 Å². The molecular weight excluding hydrogens is 280 g/mol. The van der Waals surface area contributed by atoms with Crippen LogP contribution < -0.4 is 0 Å². The molecule has 22 heavy (non-hydrogen) atoms. The topological polar surface area (TPSA) is 65.2 Å². The van der Waals surface area contributed by atoms with Crippen molar-refractivity contribution in [2.45, 2.75) is 51.0 Å². The lowest BCUT2D eigenvalue weighted by Crippen LogP contribution is -2.19. The van der Waals surface area contributed by atoms with Gasteiger partial charge < -0.3 is 9.26 Å². The van der Waals surface area contributed by atoms with Gasteiger partial charge in [-0.2, -0.15) is 0 Å². The van der Waals surface area contributed by atoms with Crippen molar-refractivity contribution in [2.75, 3.05) is 0 Å². The molecule has 5 nitrogen and oxygen atoms in total. The van der Waals surface area contributed by atoms with Crippen LogP contribution in [0.15, 0.2) is 35.1 Å². The number of ether oxygens (including phenoxy) is 1. The number of hydrogen-bond donors (Lipinski definition) is 0. The van der Waals surface area contributed by atoms with Crippen LogP contribution in [0.4, 0.5) is 0 Å². The van der Waals surface area contributed by atoms with Gasteiger partial charge in [0.25, 0.3) is 0 Å². The first-order chi connectivity index (χ1) is 10.8. The average molecular weight is 300 g/mol. The number of carbonyl (C=O) groups excluding carboxylic acids is 1. The molecule has 1 aliphatic rings. The molecule has 2 aromatic heterocycles. The predicted molar refractivity (Wildman–Crippen MR) is 81.3 cm³/mol. The van der Waals surface area contributed by atoms with Crippen molar-refractivity contribution in [2.24, 2.45) is 0 Å². The number of carbonyl (C=O) groups is 1. The van der Waals surface area contributed by atoms with Crippen LogP contribution in [0.25, 0.3) is 11.3 Å². The summed E-state index contributed by atoms with van der Waals surface area (Å²) in [6, 6.07) is 5.28. The van der Waals surface area contributed by atoms with E-state index in [4.69, 9.17) is 9.26 Å². The molecule has 0 bridgehead atoms. The maximum Gasteiger partial charge on any atom is 0.360 e. The SMILES string of the molecule is O=C(OC1CCCCCCC1)c1cc(-c2cccnc2)on1. The summed E-state index contributed by atoms with van der Waals surface area (Å²) in [5, 5.41) is 3.82. The molecule has 0 radical (unpaired) electrons. The van der Waals surface area contributed by atoms with Gasteiger partial charge >= 0.3 is 5.97 Å². The Bertz CT molecular complexity index is 601. The predicted octanol–water partition coefficient (Wildman–Crippen LogP) is 4.01. The molecule has 0 amide bonds. The minimum Gasteiger partial charge on any atom is -0.458 e. The first-order valence-electron chi connectivity index (χ1n) is 7.91. The lowest BCUT2D eigenvalue weighted by molar-refractivity contribution is 0.0228. The Labute approximate surface area is 129 Å². The van der Waals surface area contributed by atoms with Crippen molar-refractivity contribution in [3.8, 4) is 11.3 Å². The molecular formula is C17H20N2O3. The summed E-state index contributed by atoms with van der Waals surface area (Å²) >= 11 is 0. The molecule has 1 saturated carbocycles. The molecule has 2 aromatic rings. The molecule has 0 N–H and O–H groups in total. The second kappa shape index (κ2) is 7.20. The van der Waals surface area contributed by atoms with Gasteiger partial charge in [-0.25, -0.2) is 4.79 Å². The Hall–Kier alpha value is -2.17. The third-order valence-corrected chi connectivity index (χ3v) is 3.99. The lowest BCUT2D eigenvalue weighted by atomic mass is 9.98. The maximum atomic E-state index is 12.2. The van der Waals surface area contributed by atoms with Crippen molar-refractivity contribution >= 4 is 5.97 Å². The largest absolute Gasteiger partial charge is 0.458 e. The number of esters is 1. The van der Waals surface area contributed by atoms with Gasteiger partial charge in [0, 0.05) is 24.0 Å². The number of hydrogen-bond acceptors (Lipinski definition) is 5. The summed E-state index contributed by atoms with van der Waals surface area (Å²) in [5.41, 5.74) is 1.01. The molecule has 3 rings (SSSR count). The second-order valence-corrected chi connectivity index (χ2v) is 5.69. The molecule has 0 atom stereocenters. The summed E-state index contributed by atoms with van der Waals surface area (Å²) in [4.78, 5) is 16.2. The zero-order chi connectivity index (χ0) is 15.2. The van der Waals surface area contributed by atoms with E-state index in [1.54, 1.807) is 18.5 Å². The highest BCUT2D eigenvalue weighted by molar-refractivity contribution is 5.88. The maximum absolute atomic E-state index is 12.2. The van der Waals surface area contributed by atoms with Crippen molar-refractivity contribution in [1.82, 2.24) is 10.1 Å². The fourth-order valence-electron chi connectivity index (χ4n) is 2.76. The quantitative estimate of drug-likeness (QED) is 0.801. The first-order valence-corrected chi connectivity index (χ1v) is 7.91. The standard InChI is InChI=1S/C17H20N2O3/c20-17(21-14-8-4-2-1-3-5-9-14)15-11-16(22-19-15)13-7-6-10-18-12-13/h6-7,10-12,14H,1-5,8-9H2. The van der Waals surface area contributed by atoms with Gasteiger partial charge in [-0.15, -0.1) is 0 Å². The van der Waals surface area contributed by atoms with Gasteiger partial charge in [0.15, 0.2) is 11.5 Å². The van der Waals surface area contributed by atoms with Crippen LogP contribution in [0.3, 0.4) is 0 Å². The zero-order valence-corrected chi connectivity index (χ0v) is 12.5. The summed E-state index contributed by atoms with van der Waals surface area (Å²) in [6.45, 7) is 0. The molecule has 0 unspecified atom stereocenters. The van der Waals surface area contributed by atoms with Crippen molar-refractivity contribution in [1.29, 1.82) is 0 Å². The molecule has 116 valence electrons. The van der Waals surface area contributed by atoms with Crippen LogP contribution >= 0.6 is 0 Å². The number of pyridine rings is 1. The van der Waals surface area contributed by atoms with E-state index in [1.165, 1.54) is 19.3 Å². The number of aromatic nitrogens is 2. The van der Waals surface area contributed by atoms with E-state index in [-0.39, 0.29) is 11.8 Å². The van der Waals surface area contributed by atoms with Crippen molar-refractivity contribution in [3.05, 3.63) is 36.3 Å². The van der Waals surface area contributed by atoms with E-state index in [2.05, 4.69) is 10.1 Å². The third kappa shape index (κ3) is 3.72. The van der Waals surface area contributed by atoms with Crippen LogP contribution in [0.2, 0.25) is 0 Å². The van der Waals surface area contributed by atoms with E-state index in [9.17, 15) is 4.79 Å². The fraction of sp³-hybridized carbons (Fsp3) is 0.471. The van der Waals surface area contributed by atoms with E-state index in [1.807, 2.05) is 12.1 Å². The third-order valence-electron chi connectivity index (χ3n) is 3.99. The minimum atomic E-state index is -0.399. The fourth-order valence-corrected chi connectivity index (χ4v) is 2.76. The highest BCUT2D eigenvalue weighted by Gasteiger charge is 2.20. The minimum absolute atomic E-state index is 0.00587. The van der Waals surface area contributed by atoms with Gasteiger partial charge in [-0.1, -0.05) is 24.4 Å². The average Bonchev–Trinajstić information content (AvgIpc) is 3.01. The van der Waals surface area contributed by atoms with E-state index in [0.29, 0.717) is 5.76 Å². The van der Waals surface area contributed by atoms with Crippen LogP contribution in [-0.2, 0) is 4.74 Å². The lowest BCUT2D eigenvalue weighted by Gasteiger charge is -2.19. The van der Waals surface area contributed by atoms with E-state index in [0.717, 1.165) is 31.2 Å². The van der Waals surface area contributed by atoms with E-state index >= 15 is 0 Å². The van der Waals surface area contributed by atoms with Gasteiger partial charge in [0.05, 0.1) is 0 Å². The molecule has 1 fully saturated rings. The van der Waals surface area contributed by atoms with Crippen LogP contribution in [0.5, 0.6) is 0 Å². The van der Waals surface area contributed by atoms with Crippen LogP contribution in [0.1, 0.15) is 55.4 Å². The Morgan fingerprint density at radius 2 is 1.95 bits per heavy atom. The highest BCUT2D eigenvalue weighted by atomic mass is 16.5. The molecule has 5 heteroatoms. The number of rotatable bonds is 3. The Morgan fingerprint density at radius 1 is 1.18 bits per heavy atom. The molecule has 0 saturated heterocycles. The summed E-state index contributed by atoms with van der Waals surface area (Å²) in [5.74, 6) is 0.127. The van der Waals surface area contributed by atoms with Crippen LogP contribution in [0, 0.1) is 0 Å². The summed E-state index contributed by atoms with van der Waals surface area (Å²) < 4.78 is 10.8. The van der Waals surface area contributed by atoms with Gasteiger partial charge in [-0.05, 0) is 37.8 Å². The smallest absolute Gasteiger partial charge is 0.360 e. The molecule has 0 aromatic carbocycles. The monoisotopic (exact) mass is 300 g/mol. The molecule has 1 aliphatic carbocycles. The number of nitrogens with zero attached hydrogens (tertiary/aromatic N) is 2.